The van der Waals surface area contributed by atoms with E-state index < -0.39 is 5.60 Å². The summed E-state index contributed by atoms with van der Waals surface area (Å²) in [5.41, 5.74) is 0.229. The smallest absolute Gasteiger partial charge is 0.333 e. The van der Waals surface area contributed by atoms with Gasteiger partial charge in [0.25, 0.3) is 0 Å². The van der Waals surface area contributed by atoms with Gasteiger partial charge in [-0.15, -0.1) is 0 Å². The van der Waals surface area contributed by atoms with Gasteiger partial charge in [-0.05, 0) is 47.0 Å². The first-order valence-corrected chi connectivity index (χ1v) is 6.73. The summed E-state index contributed by atoms with van der Waals surface area (Å²) in [6.45, 7) is 7.34. The van der Waals surface area contributed by atoms with Crippen LogP contribution in [-0.2, 0) is 19.1 Å². The molecule has 0 radical (unpaired) electrons. The Bertz CT molecular complexity index is 324. The maximum Gasteiger partial charge on any atom is 0.333 e. The van der Waals surface area contributed by atoms with Crippen molar-refractivity contribution in [1.82, 2.24) is 0 Å². The molecule has 110 valence electrons. The number of allylic oxidation sites excluding steroid dienone is 1. The molecule has 0 aromatic rings. The first kappa shape index (κ1) is 17.7. The monoisotopic (exact) mass is 270 g/mol. The third kappa shape index (κ3) is 10.3. The molecule has 0 bridgehead atoms. The minimum Gasteiger partial charge on any atom is -0.466 e. The van der Waals surface area contributed by atoms with Gasteiger partial charge in [0.15, 0.2) is 0 Å². The minimum atomic E-state index is -0.405. The number of methoxy groups -OCH3 is 1. The topological polar surface area (TPSA) is 52.6 Å². The van der Waals surface area contributed by atoms with Crippen LogP contribution in [0.5, 0.6) is 0 Å². The molecule has 19 heavy (non-hydrogen) atoms. The van der Waals surface area contributed by atoms with Crippen LogP contribution in [0.4, 0.5) is 0 Å². The van der Waals surface area contributed by atoms with Crippen LogP contribution in [0, 0.1) is 0 Å². The third-order valence-electron chi connectivity index (χ3n) is 2.46. The van der Waals surface area contributed by atoms with Crippen molar-refractivity contribution in [1.29, 1.82) is 0 Å². The lowest BCUT2D eigenvalue weighted by Gasteiger charge is -2.19. The molecule has 4 nitrogen and oxygen atoms in total. The van der Waals surface area contributed by atoms with E-state index in [1.54, 1.807) is 6.92 Å². The molecule has 0 spiro atoms. The summed E-state index contributed by atoms with van der Waals surface area (Å²) in [6.07, 6.45) is 5.88. The van der Waals surface area contributed by atoms with Crippen molar-refractivity contribution in [3.8, 4) is 0 Å². The average molecular weight is 270 g/mol. The molecule has 0 aliphatic carbocycles. The molecule has 0 aromatic carbocycles. The highest BCUT2D eigenvalue weighted by atomic mass is 16.6. The van der Waals surface area contributed by atoms with Crippen LogP contribution in [0.2, 0.25) is 0 Å². The quantitative estimate of drug-likeness (QED) is 0.404. The molecule has 0 aliphatic rings. The predicted octanol–water partition coefficient (Wildman–Crippen LogP) is 3.40. The van der Waals surface area contributed by atoms with Crippen molar-refractivity contribution in [3.05, 3.63) is 11.6 Å². The maximum absolute atomic E-state index is 11.4. The lowest BCUT2D eigenvalue weighted by Crippen LogP contribution is -2.23. The Morgan fingerprint density at radius 2 is 1.74 bits per heavy atom. The van der Waals surface area contributed by atoms with Gasteiger partial charge in [0.05, 0.1) is 7.11 Å². The Morgan fingerprint density at radius 1 is 1.11 bits per heavy atom. The van der Waals surface area contributed by atoms with Crippen molar-refractivity contribution < 1.29 is 19.1 Å². The van der Waals surface area contributed by atoms with Gasteiger partial charge in [0.2, 0.25) is 0 Å². The van der Waals surface area contributed by atoms with Crippen molar-refractivity contribution in [2.75, 3.05) is 7.11 Å². The number of ether oxygens (including phenoxy) is 2. The van der Waals surface area contributed by atoms with Gasteiger partial charge < -0.3 is 9.47 Å². The molecule has 4 heteroatoms. The summed E-state index contributed by atoms with van der Waals surface area (Å²) in [4.78, 5) is 22.5. The van der Waals surface area contributed by atoms with Crippen LogP contribution < -0.4 is 0 Å². The molecule has 0 amide bonds. The zero-order valence-electron chi connectivity index (χ0n) is 12.7. The largest absolute Gasteiger partial charge is 0.466 e. The molecule has 0 unspecified atom stereocenters. The summed E-state index contributed by atoms with van der Waals surface area (Å²) in [5.74, 6) is -0.428. The first-order valence-electron chi connectivity index (χ1n) is 6.73. The van der Waals surface area contributed by atoms with E-state index in [-0.39, 0.29) is 11.9 Å². The van der Waals surface area contributed by atoms with Gasteiger partial charge in [-0.1, -0.05) is 12.5 Å². The number of hydrogen-bond acceptors (Lipinski definition) is 4. The van der Waals surface area contributed by atoms with Gasteiger partial charge in [0, 0.05) is 12.0 Å². The van der Waals surface area contributed by atoms with Crippen molar-refractivity contribution >= 4 is 11.9 Å². The first-order chi connectivity index (χ1) is 8.76. The number of unbranched alkanes of at least 4 members (excludes halogenated alkanes) is 3. The molecular weight excluding hydrogens is 244 g/mol. The van der Waals surface area contributed by atoms with Crippen LogP contribution in [-0.4, -0.2) is 24.6 Å². The summed E-state index contributed by atoms with van der Waals surface area (Å²) in [7, 11) is 1.38. The van der Waals surface area contributed by atoms with Crippen molar-refractivity contribution in [3.63, 3.8) is 0 Å². The van der Waals surface area contributed by atoms with E-state index >= 15 is 0 Å². The third-order valence-corrected chi connectivity index (χ3v) is 2.46. The van der Waals surface area contributed by atoms with Crippen LogP contribution in [0.25, 0.3) is 0 Å². The van der Waals surface area contributed by atoms with Gasteiger partial charge in [-0.2, -0.15) is 0 Å². The molecule has 0 rings (SSSR count). The summed E-state index contributed by atoms with van der Waals surface area (Å²) in [5, 5.41) is 0. The van der Waals surface area contributed by atoms with E-state index in [2.05, 4.69) is 4.74 Å². The average Bonchev–Trinajstić information content (AvgIpc) is 2.29. The number of carbonyl (C=O) groups is 2. The van der Waals surface area contributed by atoms with Crippen LogP contribution in [0.15, 0.2) is 11.6 Å². The number of hydrogen-bond donors (Lipinski definition) is 0. The molecular formula is C15H26O4. The fourth-order valence-corrected chi connectivity index (χ4v) is 1.55. The standard InChI is InChI=1S/C15H26O4/c1-12(14(17)18-5)10-8-6-7-9-11-13(16)19-15(2,3)4/h10H,6-9,11H2,1-5H3. The number of rotatable bonds is 7. The zero-order valence-corrected chi connectivity index (χ0v) is 12.7. The second kappa shape index (κ2) is 8.73. The molecule has 0 aromatic heterocycles. The van der Waals surface area contributed by atoms with E-state index in [1.165, 1.54) is 7.11 Å². The number of carbonyl (C=O) groups excluding carboxylic acids is 2. The molecule has 0 fully saturated rings. The Labute approximate surface area is 116 Å². The maximum atomic E-state index is 11.4. The Morgan fingerprint density at radius 3 is 2.26 bits per heavy atom. The summed E-state index contributed by atoms with van der Waals surface area (Å²) in [6, 6.07) is 0. The Hall–Kier alpha value is -1.32. The molecule has 0 saturated carbocycles. The molecule has 0 aliphatic heterocycles. The highest BCUT2D eigenvalue weighted by molar-refractivity contribution is 5.87. The van der Waals surface area contributed by atoms with E-state index in [9.17, 15) is 9.59 Å². The van der Waals surface area contributed by atoms with Crippen LogP contribution >= 0.6 is 0 Å². The fourth-order valence-electron chi connectivity index (χ4n) is 1.55. The SMILES string of the molecule is COC(=O)C(C)=CCCCCCC(=O)OC(C)(C)C. The highest BCUT2D eigenvalue weighted by Gasteiger charge is 2.15. The second-order valence-electron chi connectivity index (χ2n) is 5.56. The minimum absolute atomic E-state index is 0.145. The Kier molecular flexibility index (Phi) is 8.12. The molecule has 0 heterocycles. The van der Waals surface area contributed by atoms with Gasteiger partial charge in [-0.3, -0.25) is 4.79 Å². The van der Waals surface area contributed by atoms with E-state index in [0.29, 0.717) is 12.0 Å². The summed E-state index contributed by atoms with van der Waals surface area (Å²) >= 11 is 0. The van der Waals surface area contributed by atoms with Crippen LogP contribution in [0.1, 0.15) is 59.8 Å². The fraction of sp³-hybridized carbons (Fsp3) is 0.733. The lowest BCUT2D eigenvalue weighted by atomic mass is 10.1. The Balaban J connectivity index is 3.66. The van der Waals surface area contributed by atoms with Gasteiger partial charge in [0.1, 0.15) is 5.60 Å². The van der Waals surface area contributed by atoms with Gasteiger partial charge >= 0.3 is 11.9 Å². The van der Waals surface area contributed by atoms with E-state index in [1.807, 2.05) is 26.8 Å². The predicted molar refractivity (Wildman–Crippen MR) is 74.7 cm³/mol. The molecule has 0 saturated heterocycles. The zero-order chi connectivity index (χ0) is 14.9. The summed E-state index contributed by atoms with van der Waals surface area (Å²) < 4.78 is 9.82. The van der Waals surface area contributed by atoms with Gasteiger partial charge in [-0.25, -0.2) is 4.79 Å². The lowest BCUT2D eigenvalue weighted by molar-refractivity contribution is -0.154. The van der Waals surface area contributed by atoms with Crippen LogP contribution in [0.3, 0.4) is 0 Å². The van der Waals surface area contributed by atoms with E-state index in [0.717, 1.165) is 25.7 Å². The van der Waals surface area contributed by atoms with Crippen molar-refractivity contribution in [2.45, 2.75) is 65.4 Å². The number of esters is 2. The van der Waals surface area contributed by atoms with E-state index in [4.69, 9.17) is 4.74 Å². The van der Waals surface area contributed by atoms with Crippen molar-refractivity contribution in [2.24, 2.45) is 0 Å². The normalized spacial score (nSPS) is 12.2. The molecule has 0 atom stereocenters. The second-order valence-corrected chi connectivity index (χ2v) is 5.56. The molecule has 0 N–H and O–H groups in total. The highest BCUT2D eigenvalue weighted by Crippen LogP contribution is 2.11.